The van der Waals surface area contributed by atoms with Gasteiger partial charge in [-0.3, -0.25) is 9.59 Å². The zero-order chi connectivity index (χ0) is 21.1. The maximum atomic E-state index is 13.5. The van der Waals surface area contributed by atoms with Gasteiger partial charge in [-0.25, -0.2) is 4.90 Å². The Bertz CT molecular complexity index is 1090. The Morgan fingerprint density at radius 3 is 2.00 bits per heavy atom. The fourth-order valence-electron chi connectivity index (χ4n) is 3.57. The van der Waals surface area contributed by atoms with Crippen molar-refractivity contribution in [2.24, 2.45) is 0 Å². The van der Waals surface area contributed by atoms with Crippen molar-refractivity contribution in [3.8, 4) is 5.75 Å². The minimum absolute atomic E-state index is 0.340. The molecule has 0 aliphatic carbocycles. The summed E-state index contributed by atoms with van der Waals surface area (Å²) in [7, 11) is 1.80. The van der Waals surface area contributed by atoms with E-state index in [9.17, 15) is 9.59 Å². The zero-order valence-corrected chi connectivity index (χ0v) is 16.9. The minimum atomic E-state index is -0.346. The number of benzene rings is 3. The number of likely N-dealkylation sites (N-methyl/N-ethyl adjacent to an activating group) is 1. The molecule has 0 saturated heterocycles. The summed E-state index contributed by atoms with van der Waals surface area (Å²) in [6.45, 7) is 2.48. The average Bonchev–Trinajstić information content (AvgIpc) is 3.05. The third kappa shape index (κ3) is 3.46. The van der Waals surface area contributed by atoms with Crippen molar-refractivity contribution >= 4 is 28.8 Å². The van der Waals surface area contributed by atoms with Crippen molar-refractivity contribution in [2.75, 3.05) is 23.5 Å². The van der Waals surface area contributed by atoms with E-state index >= 15 is 0 Å². The molecule has 0 atom stereocenters. The summed E-state index contributed by atoms with van der Waals surface area (Å²) in [5.74, 6) is 0.0334. The van der Waals surface area contributed by atoms with Crippen LogP contribution in [0.3, 0.4) is 0 Å². The van der Waals surface area contributed by atoms with Gasteiger partial charge in [-0.1, -0.05) is 48.5 Å². The van der Waals surface area contributed by atoms with Crippen LogP contribution >= 0.6 is 0 Å². The van der Waals surface area contributed by atoms with Crippen molar-refractivity contribution in [3.63, 3.8) is 0 Å². The highest BCUT2D eigenvalue weighted by molar-refractivity contribution is 6.46. The second kappa shape index (κ2) is 8.25. The van der Waals surface area contributed by atoms with Gasteiger partial charge in [0.05, 0.1) is 17.9 Å². The average molecular weight is 398 g/mol. The van der Waals surface area contributed by atoms with Gasteiger partial charge in [-0.05, 0) is 48.9 Å². The molecular weight excluding hydrogens is 376 g/mol. The molecular formula is C25H22N2O3. The molecule has 5 nitrogen and oxygen atoms in total. The fraction of sp³-hybridized carbons (Fsp3) is 0.120. The van der Waals surface area contributed by atoms with E-state index in [1.54, 1.807) is 24.1 Å². The number of amides is 2. The van der Waals surface area contributed by atoms with Gasteiger partial charge in [0.1, 0.15) is 11.4 Å². The van der Waals surface area contributed by atoms with E-state index in [0.717, 1.165) is 11.4 Å². The van der Waals surface area contributed by atoms with Crippen molar-refractivity contribution in [2.45, 2.75) is 6.92 Å². The lowest BCUT2D eigenvalue weighted by Crippen LogP contribution is -2.34. The Hall–Kier alpha value is -3.86. The topological polar surface area (TPSA) is 49.9 Å². The lowest BCUT2D eigenvalue weighted by molar-refractivity contribution is -0.120. The second-order valence-corrected chi connectivity index (χ2v) is 6.86. The van der Waals surface area contributed by atoms with Gasteiger partial charge in [0.25, 0.3) is 11.8 Å². The second-order valence-electron chi connectivity index (χ2n) is 6.86. The lowest BCUT2D eigenvalue weighted by atomic mass is 10.0. The van der Waals surface area contributed by atoms with Gasteiger partial charge >= 0.3 is 0 Å². The van der Waals surface area contributed by atoms with Crippen molar-refractivity contribution in [1.82, 2.24) is 0 Å². The van der Waals surface area contributed by atoms with E-state index in [2.05, 4.69) is 0 Å². The standard InChI is InChI=1S/C25H22N2O3/c1-3-30-21-16-14-18(15-17-21)22-23(26(2)19-10-6-4-7-11-19)25(29)27(24(22)28)20-12-8-5-9-13-20/h4-17H,3H2,1-2H3. The maximum Gasteiger partial charge on any atom is 0.282 e. The maximum absolute atomic E-state index is 13.5. The van der Waals surface area contributed by atoms with Crippen LogP contribution in [0.4, 0.5) is 11.4 Å². The predicted molar refractivity (Wildman–Crippen MR) is 118 cm³/mol. The van der Waals surface area contributed by atoms with E-state index < -0.39 is 0 Å². The van der Waals surface area contributed by atoms with Gasteiger partial charge < -0.3 is 9.64 Å². The first-order valence-electron chi connectivity index (χ1n) is 9.82. The molecule has 0 saturated carbocycles. The quantitative estimate of drug-likeness (QED) is 0.574. The Morgan fingerprint density at radius 2 is 1.40 bits per heavy atom. The molecule has 1 aliphatic heterocycles. The fourth-order valence-corrected chi connectivity index (χ4v) is 3.57. The molecule has 0 N–H and O–H groups in total. The Kier molecular flexibility index (Phi) is 5.35. The van der Waals surface area contributed by atoms with E-state index in [1.165, 1.54) is 4.90 Å². The summed E-state index contributed by atoms with van der Waals surface area (Å²) in [5, 5.41) is 0. The Balaban J connectivity index is 1.84. The molecule has 0 aromatic heterocycles. The lowest BCUT2D eigenvalue weighted by Gasteiger charge is -2.21. The van der Waals surface area contributed by atoms with Crippen LogP contribution < -0.4 is 14.5 Å². The van der Waals surface area contributed by atoms with Crippen LogP contribution in [0, 0.1) is 0 Å². The number of hydrogen-bond acceptors (Lipinski definition) is 4. The smallest absolute Gasteiger partial charge is 0.282 e. The summed E-state index contributed by atoms with van der Waals surface area (Å²) in [4.78, 5) is 29.9. The molecule has 5 heteroatoms. The van der Waals surface area contributed by atoms with Crippen LogP contribution in [0.25, 0.3) is 5.57 Å². The number of carbonyl (C=O) groups excluding carboxylic acids is 2. The third-order valence-electron chi connectivity index (χ3n) is 5.01. The van der Waals surface area contributed by atoms with Crippen molar-refractivity contribution in [1.29, 1.82) is 0 Å². The number of ether oxygens (including phenoxy) is 1. The summed E-state index contributed by atoms with van der Waals surface area (Å²) in [5.41, 5.74) is 2.77. The highest BCUT2D eigenvalue weighted by Crippen LogP contribution is 2.36. The minimum Gasteiger partial charge on any atom is -0.494 e. The van der Waals surface area contributed by atoms with Crippen molar-refractivity contribution < 1.29 is 14.3 Å². The van der Waals surface area contributed by atoms with Gasteiger partial charge in [0.15, 0.2) is 0 Å². The van der Waals surface area contributed by atoms with Crippen LogP contribution in [0.5, 0.6) is 5.75 Å². The first kappa shape index (κ1) is 19.5. The summed E-state index contributed by atoms with van der Waals surface area (Å²) in [6, 6.07) is 25.8. The molecule has 4 rings (SSSR count). The molecule has 2 amide bonds. The molecule has 0 radical (unpaired) electrons. The first-order chi connectivity index (χ1) is 14.6. The summed E-state index contributed by atoms with van der Waals surface area (Å²) >= 11 is 0. The first-order valence-corrected chi connectivity index (χ1v) is 9.82. The third-order valence-corrected chi connectivity index (χ3v) is 5.01. The molecule has 30 heavy (non-hydrogen) atoms. The van der Waals surface area contributed by atoms with Gasteiger partial charge in [0, 0.05) is 12.7 Å². The SMILES string of the molecule is CCOc1ccc(C2=C(N(C)c3ccccc3)C(=O)N(c3ccccc3)C2=O)cc1. The Labute approximate surface area is 175 Å². The predicted octanol–water partition coefficient (Wildman–Crippen LogP) is 4.51. The largest absolute Gasteiger partial charge is 0.494 e. The zero-order valence-electron chi connectivity index (χ0n) is 16.9. The number of imide groups is 1. The van der Waals surface area contributed by atoms with Crippen LogP contribution in [0.1, 0.15) is 12.5 Å². The highest BCUT2D eigenvalue weighted by atomic mass is 16.5. The van der Waals surface area contributed by atoms with Gasteiger partial charge in [0.2, 0.25) is 0 Å². The molecule has 0 unspecified atom stereocenters. The monoisotopic (exact) mass is 398 g/mol. The number of nitrogens with zero attached hydrogens (tertiary/aromatic N) is 2. The summed E-state index contributed by atoms with van der Waals surface area (Å²) in [6.07, 6.45) is 0. The van der Waals surface area contributed by atoms with E-state index in [1.807, 2.05) is 79.7 Å². The molecule has 0 spiro atoms. The van der Waals surface area contributed by atoms with E-state index in [0.29, 0.717) is 29.1 Å². The number of carbonyl (C=O) groups is 2. The van der Waals surface area contributed by atoms with Crippen LogP contribution in [0.15, 0.2) is 90.6 Å². The highest BCUT2D eigenvalue weighted by Gasteiger charge is 2.42. The van der Waals surface area contributed by atoms with Crippen LogP contribution in [0.2, 0.25) is 0 Å². The Morgan fingerprint density at radius 1 is 0.800 bits per heavy atom. The van der Waals surface area contributed by atoms with Crippen LogP contribution in [-0.4, -0.2) is 25.5 Å². The number of rotatable bonds is 6. The number of para-hydroxylation sites is 2. The normalized spacial score (nSPS) is 13.7. The van der Waals surface area contributed by atoms with Gasteiger partial charge in [-0.15, -0.1) is 0 Å². The molecule has 3 aromatic carbocycles. The number of hydrogen-bond donors (Lipinski definition) is 0. The summed E-state index contributed by atoms with van der Waals surface area (Å²) < 4.78 is 5.52. The number of anilines is 2. The molecule has 150 valence electrons. The molecule has 1 heterocycles. The molecule has 1 aliphatic rings. The van der Waals surface area contributed by atoms with Crippen molar-refractivity contribution in [3.05, 3.63) is 96.2 Å². The molecule has 0 bridgehead atoms. The van der Waals surface area contributed by atoms with E-state index in [4.69, 9.17) is 4.74 Å². The van der Waals surface area contributed by atoms with E-state index in [-0.39, 0.29) is 11.8 Å². The van der Waals surface area contributed by atoms with Crippen LogP contribution in [-0.2, 0) is 9.59 Å². The molecule has 0 fully saturated rings. The van der Waals surface area contributed by atoms with Gasteiger partial charge in [-0.2, -0.15) is 0 Å². The molecule has 3 aromatic rings.